The van der Waals surface area contributed by atoms with Crippen molar-refractivity contribution < 1.29 is 5.11 Å². The van der Waals surface area contributed by atoms with Crippen molar-refractivity contribution in [3.05, 3.63) is 53.7 Å². The van der Waals surface area contributed by atoms with Gasteiger partial charge in [-0.25, -0.2) is 4.68 Å². The number of aromatic hydroxyl groups is 1. The summed E-state index contributed by atoms with van der Waals surface area (Å²) < 4.78 is 1.65. The summed E-state index contributed by atoms with van der Waals surface area (Å²) in [6, 6.07) is 12.7. The molecule has 4 heteroatoms. The SMILES string of the molecule is Oc1cccc2cnn(-c3ccccc3Cl)c12. The zero-order valence-corrected chi connectivity index (χ0v) is 9.59. The average molecular weight is 245 g/mol. The maximum atomic E-state index is 9.89. The molecule has 0 atom stereocenters. The van der Waals surface area contributed by atoms with E-state index < -0.39 is 0 Å². The van der Waals surface area contributed by atoms with Gasteiger partial charge >= 0.3 is 0 Å². The van der Waals surface area contributed by atoms with Gasteiger partial charge in [0, 0.05) is 5.39 Å². The molecule has 0 aliphatic rings. The predicted octanol–water partition coefficient (Wildman–Crippen LogP) is 3.38. The zero-order chi connectivity index (χ0) is 11.8. The fourth-order valence-electron chi connectivity index (χ4n) is 1.87. The Hall–Kier alpha value is -2.00. The van der Waals surface area contributed by atoms with Crippen LogP contribution in [0, 0.1) is 0 Å². The third-order valence-corrected chi connectivity index (χ3v) is 2.97. The van der Waals surface area contributed by atoms with Gasteiger partial charge in [0.2, 0.25) is 0 Å². The van der Waals surface area contributed by atoms with E-state index in [4.69, 9.17) is 11.6 Å². The number of rotatable bonds is 1. The monoisotopic (exact) mass is 244 g/mol. The van der Waals surface area contributed by atoms with Crippen LogP contribution in [0.3, 0.4) is 0 Å². The van der Waals surface area contributed by atoms with Crippen molar-refractivity contribution >= 4 is 22.5 Å². The van der Waals surface area contributed by atoms with Gasteiger partial charge in [0.1, 0.15) is 11.3 Å². The predicted molar refractivity (Wildman–Crippen MR) is 67.7 cm³/mol. The number of aromatic nitrogens is 2. The number of para-hydroxylation sites is 2. The lowest BCUT2D eigenvalue weighted by atomic mass is 10.2. The first-order valence-corrected chi connectivity index (χ1v) is 5.56. The van der Waals surface area contributed by atoms with Crippen LogP contribution in [0.25, 0.3) is 16.6 Å². The van der Waals surface area contributed by atoms with Gasteiger partial charge in [-0.3, -0.25) is 0 Å². The molecule has 1 N–H and O–H groups in total. The number of halogens is 1. The lowest BCUT2D eigenvalue weighted by Gasteiger charge is -2.06. The molecule has 0 unspecified atom stereocenters. The second kappa shape index (κ2) is 3.79. The van der Waals surface area contributed by atoms with Crippen molar-refractivity contribution in [1.29, 1.82) is 0 Å². The first kappa shape index (κ1) is 10.2. The van der Waals surface area contributed by atoms with E-state index in [-0.39, 0.29) is 5.75 Å². The molecular formula is C13H9ClN2O. The van der Waals surface area contributed by atoms with E-state index >= 15 is 0 Å². The van der Waals surface area contributed by atoms with Crippen molar-refractivity contribution in [2.75, 3.05) is 0 Å². The highest BCUT2D eigenvalue weighted by molar-refractivity contribution is 6.32. The molecule has 84 valence electrons. The molecule has 0 bridgehead atoms. The third kappa shape index (κ3) is 1.56. The maximum Gasteiger partial charge on any atom is 0.141 e. The van der Waals surface area contributed by atoms with Crippen LogP contribution >= 0.6 is 11.6 Å². The Balaban J connectivity index is 2.36. The normalized spacial score (nSPS) is 10.9. The van der Waals surface area contributed by atoms with E-state index in [0.29, 0.717) is 10.5 Å². The molecule has 0 fully saturated rings. The second-order valence-electron chi connectivity index (χ2n) is 3.72. The van der Waals surface area contributed by atoms with Gasteiger partial charge in [-0.05, 0) is 18.2 Å². The first-order chi connectivity index (χ1) is 8.27. The van der Waals surface area contributed by atoms with Crippen LogP contribution in [0.1, 0.15) is 0 Å². The van der Waals surface area contributed by atoms with Crippen molar-refractivity contribution in [2.24, 2.45) is 0 Å². The third-order valence-electron chi connectivity index (χ3n) is 2.65. The van der Waals surface area contributed by atoms with Crippen molar-refractivity contribution in [1.82, 2.24) is 9.78 Å². The minimum Gasteiger partial charge on any atom is -0.506 e. The van der Waals surface area contributed by atoms with Crippen molar-refractivity contribution in [3.8, 4) is 11.4 Å². The largest absolute Gasteiger partial charge is 0.506 e. The molecule has 3 nitrogen and oxygen atoms in total. The number of fused-ring (bicyclic) bond motifs is 1. The van der Waals surface area contributed by atoms with Crippen LogP contribution in [0.4, 0.5) is 0 Å². The Bertz CT molecular complexity index is 691. The summed E-state index contributed by atoms with van der Waals surface area (Å²) in [4.78, 5) is 0. The number of hydrogen-bond donors (Lipinski definition) is 1. The topological polar surface area (TPSA) is 38.1 Å². The van der Waals surface area contributed by atoms with E-state index in [1.54, 1.807) is 29.1 Å². The summed E-state index contributed by atoms with van der Waals surface area (Å²) in [6.45, 7) is 0. The van der Waals surface area contributed by atoms with Gasteiger partial charge in [0.25, 0.3) is 0 Å². The number of benzene rings is 2. The molecule has 1 aromatic heterocycles. The quantitative estimate of drug-likeness (QED) is 0.713. The smallest absolute Gasteiger partial charge is 0.141 e. The van der Waals surface area contributed by atoms with E-state index in [9.17, 15) is 5.11 Å². The minimum atomic E-state index is 0.194. The second-order valence-corrected chi connectivity index (χ2v) is 4.13. The van der Waals surface area contributed by atoms with Crippen LogP contribution in [0.2, 0.25) is 5.02 Å². The fourth-order valence-corrected chi connectivity index (χ4v) is 2.08. The highest BCUT2D eigenvalue weighted by atomic mass is 35.5. The molecule has 0 saturated heterocycles. The number of phenolic OH excluding ortho intramolecular Hbond substituents is 1. The lowest BCUT2D eigenvalue weighted by molar-refractivity contribution is 0.479. The summed E-state index contributed by atoms with van der Waals surface area (Å²) in [7, 11) is 0. The van der Waals surface area contributed by atoms with Gasteiger partial charge in [0.15, 0.2) is 0 Å². The standard InChI is InChI=1S/C13H9ClN2O/c14-10-5-1-2-6-11(10)16-13-9(8-15-16)4-3-7-12(13)17/h1-8,17H. The maximum absolute atomic E-state index is 9.89. The van der Waals surface area contributed by atoms with E-state index in [1.807, 2.05) is 24.3 Å². The lowest BCUT2D eigenvalue weighted by Crippen LogP contribution is -1.96. The van der Waals surface area contributed by atoms with Crippen LogP contribution in [0.5, 0.6) is 5.75 Å². The summed E-state index contributed by atoms with van der Waals surface area (Å²) in [5.41, 5.74) is 1.42. The molecule has 0 saturated carbocycles. The van der Waals surface area contributed by atoms with Crippen molar-refractivity contribution in [3.63, 3.8) is 0 Å². The van der Waals surface area contributed by atoms with Crippen molar-refractivity contribution in [2.45, 2.75) is 0 Å². The summed E-state index contributed by atoms with van der Waals surface area (Å²) in [6.07, 6.45) is 1.71. The summed E-state index contributed by atoms with van der Waals surface area (Å²) >= 11 is 6.13. The molecule has 17 heavy (non-hydrogen) atoms. The first-order valence-electron chi connectivity index (χ1n) is 5.18. The highest BCUT2D eigenvalue weighted by Gasteiger charge is 2.10. The van der Waals surface area contributed by atoms with Gasteiger partial charge in [-0.1, -0.05) is 35.9 Å². The number of nitrogens with zero attached hydrogens (tertiary/aromatic N) is 2. The molecule has 1 heterocycles. The Kier molecular flexibility index (Phi) is 2.27. The molecule has 0 aliphatic carbocycles. The molecule has 2 aromatic carbocycles. The number of phenols is 1. The number of hydrogen-bond acceptors (Lipinski definition) is 2. The fraction of sp³-hybridized carbons (Fsp3) is 0. The highest BCUT2D eigenvalue weighted by Crippen LogP contribution is 2.29. The average Bonchev–Trinajstić information content (AvgIpc) is 2.75. The summed E-state index contributed by atoms with van der Waals surface area (Å²) in [5, 5.41) is 15.6. The van der Waals surface area contributed by atoms with Crippen LogP contribution in [-0.4, -0.2) is 14.9 Å². The minimum absolute atomic E-state index is 0.194. The zero-order valence-electron chi connectivity index (χ0n) is 8.84. The Morgan fingerprint density at radius 2 is 1.88 bits per heavy atom. The van der Waals surface area contributed by atoms with Crippen LogP contribution < -0.4 is 0 Å². The Morgan fingerprint density at radius 1 is 1.06 bits per heavy atom. The van der Waals surface area contributed by atoms with Gasteiger partial charge in [0.05, 0.1) is 16.9 Å². The molecule has 3 rings (SSSR count). The molecule has 0 aliphatic heterocycles. The van der Waals surface area contributed by atoms with Gasteiger partial charge in [-0.15, -0.1) is 0 Å². The molecule has 0 spiro atoms. The van der Waals surface area contributed by atoms with Crippen LogP contribution in [0.15, 0.2) is 48.7 Å². The van der Waals surface area contributed by atoms with E-state index in [1.165, 1.54) is 0 Å². The van der Waals surface area contributed by atoms with E-state index in [0.717, 1.165) is 11.1 Å². The Morgan fingerprint density at radius 3 is 2.71 bits per heavy atom. The molecule has 0 amide bonds. The molecule has 0 radical (unpaired) electrons. The van der Waals surface area contributed by atoms with Crippen LogP contribution in [-0.2, 0) is 0 Å². The van der Waals surface area contributed by atoms with Gasteiger partial charge < -0.3 is 5.11 Å². The Labute approximate surface area is 103 Å². The summed E-state index contributed by atoms with van der Waals surface area (Å²) in [5.74, 6) is 0.194. The molecule has 3 aromatic rings. The molecular weight excluding hydrogens is 236 g/mol. The van der Waals surface area contributed by atoms with Gasteiger partial charge in [-0.2, -0.15) is 5.10 Å². The van der Waals surface area contributed by atoms with E-state index in [2.05, 4.69) is 5.10 Å².